The standard InChI is InChI=1S/C12H11N3O3S/c1-14-7-9-11(16)8-5-3-4-6-10(8)15(2)19(17,18)12(9)13-14/h3-7H,1-2H3. The Balaban J connectivity index is 2.43. The number of aryl methyl sites for hydroxylation is 1. The minimum Gasteiger partial charge on any atom is -0.288 e. The van der Waals surface area contributed by atoms with Crippen LogP contribution in [0.3, 0.4) is 0 Å². The molecule has 1 aliphatic heterocycles. The van der Waals surface area contributed by atoms with E-state index in [-0.39, 0.29) is 16.4 Å². The molecule has 98 valence electrons. The summed E-state index contributed by atoms with van der Waals surface area (Å²) in [7, 11) is -0.794. The van der Waals surface area contributed by atoms with Crippen molar-refractivity contribution in [3.05, 3.63) is 41.6 Å². The fraction of sp³-hybridized carbons (Fsp3) is 0.167. The molecule has 6 nitrogen and oxygen atoms in total. The number of aromatic nitrogens is 2. The number of hydrogen-bond donors (Lipinski definition) is 0. The van der Waals surface area contributed by atoms with Crippen molar-refractivity contribution in [2.24, 2.45) is 7.05 Å². The number of para-hydroxylation sites is 1. The highest BCUT2D eigenvalue weighted by molar-refractivity contribution is 7.92. The van der Waals surface area contributed by atoms with Crippen LogP contribution in [0.25, 0.3) is 0 Å². The Morgan fingerprint density at radius 2 is 1.79 bits per heavy atom. The van der Waals surface area contributed by atoms with E-state index in [1.165, 1.54) is 17.9 Å². The second-order valence-corrected chi connectivity index (χ2v) is 6.22. The van der Waals surface area contributed by atoms with E-state index in [1.807, 2.05) is 0 Å². The molecule has 1 aromatic heterocycles. The highest BCUT2D eigenvalue weighted by Crippen LogP contribution is 2.32. The zero-order valence-corrected chi connectivity index (χ0v) is 11.2. The van der Waals surface area contributed by atoms with E-state index >= 15 is 0 Å². The number of nitrogens with zero attached hydrogens (tertiary/aromatic N) is 3. The predicted octanol–water partition coefficient (Wildman–Crippen LogP) is 0.790. The smallest absolute Gasteiger partial charge is 0.284 e. The van der Waals surface area contributed by atoms with Crippen LogP contribution in [0, 0.1) is 0 Å². The average Bonchev–Trinajstić information content (AvgIpc) is 2.77. The van der Waals surface area contributed by atoms with E-state index in [9.17, 15) is 13.2 Å². The van der Waals surface area contributed by atoms with Crippen LogP contribution in [0.5, 0.6) is 0 Å². The van der Waals surface area contributed by atoms with Gasteiger partial charge in [-0.3, -0.25) is 13.8 Å². The molecule has 2 heterocycles. The molecule has 1 aromatic carbocycles. The Morgan fingerprint density at radius 3 is 2.53 bits per heavy atom. The average molecular weight is 277 g/mol. The minimum absolute atomic E-state index is 0.110. The third-order valence-corrected chi connectivity index (χ3v) is 4.84. The first-order valence-corrected chi connectivity index (χ1v) is 7.03. The number of benzene rings is 1. The summed E-state index contributed by atoms with van der Waals surface area (Å²) in [6.07, 6.45) is 1.44. The third-order valence-electron chi connectivity index (χ3n) is 3.13. The lowest BCUT2D eigenvalue weighted by atomic mass is 10.0. The molecular formula is C12H11N3O3S. The minimum atomic E-state index is -3.80. The van der Waals surface area contributed by atoms with Gasteiger partial charge in [-0.15, -0.1) is 0 Å². The van der Waals surface area contributed by atoms with Crippen molar-refractivity contribution in [2.75, 3.05) is 11.4 Å². The number of anilines is 1. The van der Waals surface area contributed by atoms with Gasteiger partial charge in [-0.2, -0.15) is 13.5 Å². The monoisotopic (exact) mass is 277 g/mol. The molecule has 2 aromatic rings. The Morgan fingerprint density at radius 1 is 1.11 bits per heavy atom. The van der Waals surface area contributed by atoms with Gasteiger partial charge >= 0.3 is 0 Å². The summed E-state index contributed by atoms with van der Waals surface area (Å²) in [5.41, 5.74) is 0.841. The first-order valence-electron chi connectivity index (χ1n) is 5.59. The van der Waals surface area contributed by atoms with Crippen LogP contribution in [-0.2, 0) is 17.1 Å². The number of carbonyl (C=O) groups excluding carboxylic acids is 1. The first kappa shape index (κ1) is 11.9. The number of fused-ring (bicyclic) bond motifs is 2. The van der Waals surface area contributed by atoms with E-state index in [0.717, 1.165) is 4.31 Å². The molecule has 0 N–H and O–H groups in total. The Hall–Kier alpha value is -2.15. The molecule has 0 saturated heterocycles. The van der Waals surface area contributed by atoms with Gasteiger partial charge in [0.05, 0.1) is 11.3 Å². The van der Waals surface area contributed by atoms with Crippen molar-refractivity contribution in [1.29, 1.82) is 0 Å². The van der Waals surface area contributed by atoms with Gasteiger partial charge in [0.15, 0.2) is 5.78 Å². The molecule has 3 rings (SSSR count). The molecular weight excluding hydrogens is 266 g/mol. The molecule has 0 amide bonds. The highest BCUT2D eigenvalue weighted by Gasteiger charge is 2.36. The first-order chi connectivity index (χ1) is 8.93. The Labute approximate surface area is 110 Å². The summed E-state index contributed by atoms with van der Waals surface area (Å²) in [4.78, 5) is 12.4. The normalized spacial score (nSPS) is 16.7. The van der Waals surface area contributed by atoms with E-state index in [4.69, 9.17) is 0 Å². The lowest BCUT2D eigenvalue weighted by Crippen LogP contribution is -2.27. The fourth-order valence-corrected chi connectivity index (χ4v) is 3.49. The van der Waals surface area contributed by atoms with Crippen molar-refractivity contribution in [1.82, 2.24) is 9.78 Å². The Bertz CT molecular complexity index is 792. The molecule has 0 radical (unpaired) electrons. The van der Waals surface area contributed by atoms with Crippen molar-refractivity contribution in [2.45, 2.75) is 5.03 Å². The lowest BCUT2D eigenvalue weighted by molar-refractivity contribution is 0.103. The summed E-state index contributed by atoms with van der Waals surface area (Å²) in [6.45, 7) is 0. The molecule has 0 bridgehead atoms. The van der Waals surface area contributed by atoms with Gasteiger partial charge in [-0.25, -0.2) is 0 Å². The Kier molecular flexibility index (Phi) is 2.30. The summed E-state index contributed by atoms with van der Waals surface area (Å²) < 4.78 is 27.3. The maximum atomic E-state index is 12.4. The van der Waals surface area contributed by atoms with E-state index < -0.39 is 10.0 Å². The zero-order chi connectivity index (χ0) is 13.8. The number of rotatable bonds is 0. The molecule has 0 fully saturated rings. The summed E-state index contributed by atoms with van der Waals surface area (Å²) in [5, 5.41) is 3.72. The largest absolute Gasteiger partial charge is 0.288 e. The van der Waals surface area contributed by atoms with Gasteiger partial charge in [0, 0.05) is 25.9 Å². The second kappa shape index (κ2) is 3.67. The van der Waals surface area contributed by atoms with Crippen LogP contribution in [-0.4, -0.2) is 31.0 Å². The van der Waals surface area contributed by atoms with Gasteiger partial charge in [0.2, 0.25) is 5.03 Å². The highest BCUT2D eigenvalue weighted by atomic mass is 32.2. The maximum Gasteiger partial charge on any atom is 0.284 e. The molecule has 1 aliphatic rings. The lowest BCUT2D eigenvalue weighted by Gasteiger charge is -2.17. The van der Waals surface area contributed by atoms with Crippen LogP contribution in [0.2, 0.25) is 0 Å². The van der Waals surface area contributed by atoms with E-state index in [2.05, 4.69) is 5.10 Å². The van der Waals surface area contributed by atoms with Gasteiger partial charge < -0.3 is 0 Å². The molecule has 0 unspecified atom stereocenters. The van der Waals surface area contributed by atoms with Crippen molar-refractivity contribution in [3.8, 4) is 0 Å². The van der Waals surface area contributed by atoms with Gasteiger partial charge in [0.25, 0.3) is 10.0 Å². The van der Waals surface area contributed by atoms with Gasteiger partial charge in [-0.1, -0.05) is 12.1 Å². The van der Waals surface area contributed by atoms with E-state index in [0.29, 0.717) is 11.3 Å². The molecule has 0 atom stereocenters. The predicted molar refractivity (Wildman–Crippen MR) is 68.7 cm³/mol. The number of sulfonamides is 1. The molecule has 7 heteroatoms. The van der Waals surface area contributed by atoms with Crippen molar-refractivity contribution < 1.29 is 13.2 Å². The SMILES string of the molecule is CN1c2ccccc2C(=O)c2cn(C)nc2S1(=O)=O. The van der Waals surface area contributed by atoms with Gasteiger partial charge in [0.1, 0.15) is 0 Å². The third kappa shape index (κ3) is 1.51. The molecule has 0 spiro atoms. The van der Waals surface area contributed by atoms with Crippen LogP contribution >= 0.6 is 0 Å². The van der Waals surface area contributed by atoms with Crippen LogP contribution in [0.1, 0.15) is 15.9 Å². The molecule has 19 heavy (non-hydrogen) atoms. The van der Waals surface area contributed by atoms with Crippen LogP contribution in [0.15, 0.2) is 35.5 Å². The second-order valence-electron chi connectivity index (χ2n) is 4.34. The van der Waals surface area contributed by atoms with Crippen LogP contribution in [0.4, 0.5) is 5.69 Å². The van der Waals surface area contributed by atoms with Gasteiger partial charge in [-0.05, 0) is 12.1 Å². The summed E-state index contributed by atoms with van der Waals surface area (Å²) in [5.74, 6) is -0.327. The summed E-state index contributed by atoms with van der Waals surface area (Å²) >= 11 is 0. The van der Waals surface area contributed by atoms with Crippen LogP contribution < -0.4 is 4.31 Å². The number of ketones is 1. The molecule has 0 saturated carbocycles. The van der Waals surface area contributed by atoms with Crippen molar-refractivity contribution in [3.63, 3.8) is 0 Å². The topological polar surface area (TPSA) is 72.3 Å². The maximum absolute atomic E-state index is 12.4. The summed E-state index contributed by atoms with van der Waals surface area (Å²) in [6, 6.07) is 6.63. The number of carbonyl (C=O) groups is 1. The quantitative estimate of drug-likeness (QED) is 0.713. The molecule has 0 aliphatic carbocycles. The zero-order valence-electron chi connectivity index (χ0n) is 10.4. The fourth-order valence-electron chi connectivity index (χ4n) is 2.16. The number of hydrogen-bond acceptors (Lipinski definition) is 4. The van der Waals surface area contributed by atoms with E-state index in [1.54, 1.807) is 31.3 Å². The van der Waals surface area contributed by atoms with Crippen molar-refractivity contribution >= 4 is 21.5 Å².